The van der Waals surface area contributed by atoms with E-state index < -0.39 is 10.0 Å². The van der Waals surface area contributed by atoms with E-state index in [1.807, 2.05) is 19.1 Å². The number of piperidine rings is 1. The van der Waals surface area contributed by atoms with Crippen LogP contribution in [0.4, 0.5) is 5.69 Å². The van der Waals surface area contributed by atoms with Crippen molar-refractivity contribution >= 4 is 21.6 Å². The fourth-order valence-corrected chi connectivity index (χ4v) is 5.19. The van der Waals surface area contributed by atoms with Crippen molar-refractivity contribution in [3.63, 3.8) is 0 Å². The van der Waals surface area contributed by atoms with Gasteiger partial charge in [0.2, 0.25) is 5.91 Å². The predicted octanol–water partition coefficient (Wildman–Crippen LogP) is 3.43. The number of anilines is 1. The summed E-state index contributed by atoms with van der Waals surface area (Å²) in [6.45, 7) is 7.71. The first-order valence-electron chi connectivity index (χ1n) is 11.0. The zero-order valence-corrected chi connectivity index (χ0v) is 19.3. The molecule has 0 unspecified atom stereocenters. The van der Waals surface area contributed by atoms with Gasteiger partial charge in [0.05, 0.1) is 10.6 Å². The van der Waals surface area contributed by atoms with Crippen LogP contribution in [0.1, 0.15) is 31.7 Å². The van der Waals surface area contributed by atoms with Crippen LogP contribution in [0.15, 0.2) is 59.5 Å². The van der Waals surface area contributed by atoms with Crippen molar-refractivity contribution in [1.82, 2.24) is 10.2 Å². The van der Waals surface area contributed by atoms with Gasteiger partial charge in [0.15, 0.2) is 0 Å². The molecule has 1 heterocycles. The fourth-order valence-electron chi connectivity index (χ4n) is 3.75. The highest BCUT2D eigenvalue weighted by molar-refractivity contribution is 7.92. The molecule has 31 heavy (non-hydrogen) atoms. The molecule has 1 saturated heterocycles. The van der Waals surface area contributed by atoms with Crippen molar-refractivity contribution in [2.45, 2.75) is 38.0 Å². The highest BCUT2D eigenvalue weighted by Gasteiger charge is 2.27. The molecule has 0 radical (unpaired) electrons. The summed E-state index contributed by atoms with van der Waals surface area (Å²) in [5.41, 5.74) is 1.50. The third-order valence-electron chi connectivity index (χ3n) is 5.79. The number of nitrogens with zero attached hydrogens (tertiary/aromatic N) is 2. The molecule has 0 saturated carbocycles. The van der Waals surface area contributed by atoms with Gasteiger partial charge in [-0.1, -0.05) is 42.8 Å². The minimum Gasteiger partial charge on any atom is -0.354 e. The normalized spacial score (nSPS) is 15.5. The first kappa shape index (κ1) is 23.3. The van der Waals surface area contributed by atoms with Crippen molar-refractivity contribution in [2.75, 3.05) is 37.0 Å². The molecule has 0 atom stereocenters. The highest BCUT2D eigenvalue weighted by atomic mass is 32.2. The molecule has 1 aliphatic heterocycles. The number of sulfonamides is 1. The number of carbonyl (C=O) groups is 1. The number of benzene rings is 2. The zero-order valence-electron chi connectivity index (χ0n) is 18.5. The molecule has 6 nitrogen and oxygen atoms in total. The Bertz CT molecular complexity index is 938. The Morgan fingerprint density at radius 2 is 1.71 bits per heavy atom. The Labute approximate surface area is 186 Å². The van der Waals surface area contributed by atoms with E-state index in [9.17, 15) is 13.2 Å². The van der Waals surface area contributed by atoms with Crippen LogP contribution in [0.5, 0.6) is 0 Å². The van der Waals surface area contributed by atoms with Crippen LogP contribution in [-0.2, 0) is 14.8 Å². The first-order valence-corrected chi connectivity index (χ1v) is 12.4. The van der Waals surface area contributed by atoms with Crippen LogP contribution in [0.2, 0.25) is 0 Å². The quantitative estimate of drug-likeness (QED) is 0.603. The minimum atomic E-state index is -3.85. The largest absolute Gasteiger partial charge is 0.354 e. The molecular weight excluding hydrogens is 410 g/mol. The smallest absolute Gasteiger partial charge is 0.264 e. The van der Waals surface area contributed by atoms with E-state index in [4.69, 9.17) is 0 Å². The molecule has 1 N–H and O–H groups in total. The first-order chi connectivity index (χ1) is 14.9. The molecule has 0 aromatic heterocycles. The Morgan fingerprint density at radius 1 is 1.06 bits per heavy atom. The standard InChI is InChI=1S/C24H33N3O3S/c1-20-9-11-22(12-10-20)27(31(29,30)23-7-4-3-5-8-23)19-24(28)25-15-6-16-26-17-13-21(2)14-18-26/h3-5,7-12,21H,6,13-19H2,1-2H3,(H,25,28). The van der Waals surface area contributed by atoms with Crippen LogP contribution in [0.25, 0.3) is 0 Å². The van der Waals surface area contributed by atoms with Gasteiger partial charge in [-0.25, -0.2) is 8.42 Å². The summed E-state index contributed by atoms with van der Waals surface area (Å²) in [6, 6.07) is 15.4. The average Bonchev–Trinajstić information content (AvgIpc) is 2.77. The van der Waals surface area contributed by atoms with E-state index in [-0.39, 0.29) is 17.3 Å². The number of hydrogen-bond donors (Lipinski definition) is 1. The van der Waals surface area contributed by atoms with Gasteiger partial charge in [-0.3, -0.25) is 9.10 Å². The van der Waals surface area contributed by atoms with Crippen molar-refractivity contribution in [3.8, 4) is 0 Å². The molecule has 0 spiro atoms. The topological polar surface area (TPSA) is 69.7 Å². The number of likely N-dealkylation sites (tertiary alicyclic amines) is 1. The molecule has 168 valence electrons. The van der Waals surface area contributed by atoms with Gasteiger partial charge >= 0.3 is 0 Å². The van der Waals surface area contributed by atoms with Crippen molar-refractivity contribution in [3.05, 3.63) is 60.2 Å². The van der Waals surface area contributed by atoms with Crippen molar-refractivity contribution < 1.29 is 13.2 Å². The monoisotopic (exact) mass is 443 g/mol. The van der Waals surface area contributed by atoms with Crippen molar-refractivity contribution in [1.29, 1.82) is 0 Å². The second-order valence-corrected chi connectivity index (χ2v) is 10.3. The molecule has 1 amide bonds. The number of aryl methyl sites for hydroxylation is 1. The zero-order chi connectivity index (χ0) is 22.3. The maximum atomic E-state index is 13.3. The van der Waals surface area contributed by atoms with Gasteiger partial charge in [0, 0.05) is 6.54 Å². The molecule has 0 aliphatic carbocycles. The van der Waals surface area contributed by atoms with Crippen LogP contribution in [0.3, 0.4) is 0 Å². The van der Waals surface area contributed by atoms with Gasteiger partial charge in [-0.05, 0) is 76.0 Å². The Morgan fingerprint density at radius 3 is 2.35 bits per heavy atom. The van der Waals surface area contributed by atoms with Gasteiger partial charge in [0.1, 0.15) is 6.54 Å². The van der Waals surface area contributed by atoms with Gasteiger partial charge in [-0.15, -0.1) is 0 Å². The summed E-state index contributed by atoms with van der Waals surface area (Å²) < 4.78 is 27.7. The van der Waals surface area contributed by atoms with E-state index in [0.29, 0.717) is 12.2 Å². The van der Waals surface area contributed by atoms with E-state index in [1.54, 1.807) is 42.5 Å². The lowest BCUT2D eigenvalue weighted by molar-refractivity contribution is -0.119. The predicted molar refractivity (Wildman–Crippen MR) is 125 cm³/mol. The van der Waals surface area contributed by atoms with Crippen LogP contribution >= 0.6 is 0 Å². The SMILES string of the molecule is Cc1ccc(N(CC(=O)NCCCN2CCC(C)CC2)S(=O)(=O)c2ccccc2)cc1. The Balaban J connectivity index is 1.62. The maximum absolute atomic E-state index is 13.3. The van der Waals surface area contributed by atoms with E-state index >= 15 is 0 Å². The summed E-state index contributed by atoms with van der Waals surface area (Å²) >= 11 is 0. The number of hydrogen-bond acceptors (Lipinski definition) is 4. The summed E-state index contributed by atoms with van der Waals surface area (Å²) in [6.07, 6.45) is 3.32. The number of amides is 1. The minimum absolute atomic E-state index is 0.169. The molecule has 0 bridgehead atoms. The summed E-state index contributed by atoms with van der Waals surface area (Å²) in [4.78, 5) is 15.2. The maximum Gasteiger partial charge on any atom is 0.264 e. The number of nitrogens with one attached hydrogen (secondary N) is 1. The van der Waals surface area contributed by atoms with Crippen LogP contribution in [0, 0.1) is 12.8 Å². The van der Waals surface area contributed by atoms with E-state index in [1.165, 1.54) is 17.1 Å². The third-order valence-corrected chi connectivity index (χ3v) is 7.58. The molecule has 3 rings (SSSR count). The molecule has 2 aromatic rings. The Hall–Kier alpha value is -2.38. The lowest BCUT2D eigenvalue weighted by Crippen LogP contribution is -2.41. The van der Waals surface area contributed by atoms with E-state index in [2.05, 4.69) is 17.1 Å². The average molecular weight is 444 g/mol. The summed E-state index contributed by atoms with van der Waals surface area (Å²) in [5, 5.41) is 2.89. The second kappa shape index (κ2) is 10.8. The van der Waals surface area contributed by atoms with Gasteiger partial charge < -0.3 is 10.2 Å². The van der Waals surface area contributed by atoms with Crippen LogP contribution in [-0.4, -0.2) is 51.9 Å². The summed E-state index contributed by atoms with van der Waals surface area (Å²) in [5.74, 6) is 0.502. The fraction of sp³-hybridized carbons (Fsp3) is 0.458. The lowest BCUT2D eigenvalue weighted by Gasteiger charge is -2.30. The highest BCUT2D eigenvalue weighted by Crippen LogP contribution is 2.24. The molecule has 2 aromatic carbocycles. The molecule has 1 fully saturated rings. The number of carbonyl (C=O) groups excluding carboxylic acids is 1. The second-order valence-electron chi connectivity index (χ2n) is 8.39. The molecule has 7 heteroatoms. The Kier molecular flexibility index (Phi) is 8.09. The molecule has 1 aliphatic rings. The van der Waals surface area contributed by atoms with Gasteiger partial charge in [-0.2, -0.15) is 0 Å². The lowest BCUT2D eigenvalue weighted by atomic mass is 9.99. The van der Waals surface area contributed by atoms with Gasteiger partial charge in [0.25, 0.3) is 10.0 Å². The third kappa shape index (κ3) is 6.55. The number of rotatable bonds is 9. The summed E-state index contributed by atoms with van der Waals surface area (Å²) in [7, 11) is -3.85. The molecular formula is C24H33N3O3S. The van der Waals surface area contributed by atoms with Crippen molar-refractivity contribution in [2.24, 2.45) is 5.92 Å². The van der Waals surface area contributed by atoms with Crippen LogP contribution < -0.4 is 9.62 Å². The van der Waals surface area contributed by atoms with E-state index in [0.717, 1.165) is 37.5 Å².